The zero-order valence-corrected chi connectivity index (χ0v) is 21.0. The number of anilines is 1. The molecule has 3 atom stereocenters. The van der Waals surface area contributed by atoms with E-state index in [0.717, 1.165) is 27.9 Å². The Bertz CT molecular complexity index is 1310. The average molecular weight is 486 g/mol. The molecule has 2 N–H and O–H groups in total. The van der Waals surface area contributed by atoms with Gasteiger partial charge in [0.2, 0.25) is 5.91 Å². The lowest BCUT2D eigenvalue weighted by atomic mass is 9.78. The van der Waals surface area contributed by atoms with Crippen LogP contribution in [0.25, 0.3) is 0 Å². The molecule has 0 radical (unpaired) electrons. The number of hydrogen-bond acceptors (Lipinski definition) is 4. The van der Waals surface area contributed by atoms with E-state index in [9.17, 15) is 9.59 Å². The molecule has 2 aliphatic heterocycles. The standard InChI is InChI=1S/C29H31N3O4/c1-5-35-23-13-9-12-21-25-24(27(33)30-22-15-14-18(2)16-19(22)3)29(4,36-26(21)23)32(28(34)31-25)17-20-10-7-6-8-11-20/h6-16,24-25H,5,17H2,1-4H3,(H,30,33)(H,31,34)/t24-,25+,29+/m0/s1. The van der Waals surface area contributed by atoms with Gasteiger partial charge in [0.1, 0.15) is 5.92 Å². The Morgan fingerprint density at radius 1 is 1.11 bits per heavy atom. The van der Waals surface area contributed by atoms with Gasteiger partial charge in [-0.15, -0.1) is 0 Å². The number of urea groups is 1. The molecule has 36 heavy (non-hydrogen) atoms. The van der Waals surface area contributed by atoms with Gasteiger partial charge in [0.25, 0.3) is 0 Å². The number of nitrogens with zero attached hydrogens (tertiary/aromatic N) is 1. The second kappa shape index (κ2) is 9.22. The number of amides is 3. The summed E-state index contributed by atoms with van der Waals surface area (Å²) in [5, 5.41) is 6.20. The fraction of sp³-hybridized carbons (Fsp3) is 0.310. The molecular weight excluding hydrogens is 454 g/mol. The van der Waals surface area contributed by atoms with Gasteiger partial charge < -0.3 is 20.1 Å². The van der Waals surface area contributed by atoms with Crippen LogP contribution in [0.2, 0.25) is 0 Å². The molecule has 2 bridgehead atoms. The van der Waals surface area contributed by atoms with Crippen molar-refractivity contribution in [2.24, 2.45) is 5.92 Å². The number of hydrogen-bond donors (Lipinski definition) is 2. The Labute approximate surface area is 211 Å². The quantitative estimate of drug-likeness (QED) is 0.495. The zero-order chi connectivity index (χ0) is 25.4. The van der Waals surface area contributed by atoms with Crippen LogP contribution in [-0.4, -0.2) is 29.2 Å². The maximum absolute atomic E-state index is 13.9. The normalized spacial score (nSPS) is 22.2. The molecule has 7 heteroatoms. The zero-order valence-electron chi connectivity index (χ0n) is 21.0. The molecule has 0 spiro atoms. The molecule has 7 nitrogen and oxygen atoms in total. The molecular formula is C29H31N3O4. The van der Waals surface area contributed by atoms with Crippen LogP contribution in [0.4, 0.5) is 10.5 Å². The Morgan fingerprint density at radius 2 is 1.89 bits per heavy atom. The number of para-hydroxylation sites is 1. The molecule has 1 saturated heterocycles. The first kappa shape index (κ1) is 23.7. The van der Waals surface area contributed by atoms with Crippen LogP contribution in [0.5, 0.6) is 11.5 Å². The predicted octanol–water partition coefficient (Wildman–Crippen LogP) is 5.33. The van der Waals surface area contributed by atoms with Crippen molar-refractivity contribution < 1.29 is 19.1 Å². The lowest BCUT2D eigenvalue weighted by molar-refractivity contribution is -0.156. The number of aryl methyl sites for hydroxylation is 2. The third-order valence-electron chi connectivity index (χ3n) is 7.03. The van der Waals surface area contributed by atoms with Crippen molar-refractivity contribution in [3.63, 3.8) is 0 Å². The van der Waals surface area contributed by atoms with Crippen LogP contribution in [0.1, 0.15) is 42.1 Å². The van der Waals surface area contributed by atoms with Gasteiger partial charge in [-0.1, -0.05) is 60.2 Å². The van der Waals surface area contributed by atoms with Gasteiger partial charge in [0, 0.05) is 11.3 Å². The Hall–Kier alpha value is -4.00. The fourth-order valence-corrected chi connectivity index (χ4v) is 5.27. The van der Waals surface area contributed by atoms with Crippen LogP contribution < -0.4 is 20.1 Å². The van der Waals surface area contributed by atoms with Gasteiger partial charge >= 0.3 is 6.03 Å². The van der Waals surface area contributed by atoms with Crippen molar-refractivity contribution in [1.82, 2.24) is 10.2 Å². The van der Waals surface area contributed by atoms with E-state index in [4.69, 9.17) is 9.47 Å². The lowest BCUT2D eigenvalue weighted by Gasteiger charge is -2.54. The lowest BCUT2D eigenvalue weighted by Crippen LogP contribution is -2.71. The molecule has 2 aliphatic rings. The van der Waals surface area contributed by atoms with E-state index < -0.39 is 17.7 Å². The number of ether oxygens (including phenoxy) is 2. The second-order valence-electron chi connectivity index (χ2n) is 9.55. The number of nitrogens with one attached hydrogen (secondary N) is 2. The molecule has 5 rings (SSSR count). The topological polar surface area (TPSA) is 79.9 Å². The van der Waals surface area contributed by atoms with E-state index in [1.54, 1.807) is 4.90 Å². The molecule has 0 saturated carbocycles. The number of rotatable bonds is 6. The Kier molecular flexibility index (Phi) is 6.08. The van der Waals surface area contributed by atoms with Gasteiger partial charge in [-0.25, -0.2) is 4.79 Å². The summed E-state index contributed by atoms with van der Waals surface area (Å²) in [5.41, 5.74) is 3.24. The van der Waals surface area contributed by atoms with E-state index in [0.29, 0.717) is 18.1 Å². The summed E-state index contributed by atoms with van der Waals surface area (Å²) in [5.74, 6) is 0.208. The van der Waals surface area contributed by atoms with Crippen molar-refractivity contribution in [2.45, 2.75) is 46.0 Å². The smallest absolute Gasteiger partial charge is 0.321 e. The average Bonchev–Trinajstić information content (AvgIpc) is 2.85. The summed E-state index contributed by atoms with van der Waals surface area (Å²) in [6, 6.07) is 20.3. The van der Waals surface area contributed by atoms with Crippen molar-refractivity contribution >= 4 is 17.6 Å². The minimum absolute atomic E-state index is 0.222. The first-order valence-electron chi connectivity index (χ1n) is 12.3. The van der Waals surface area contributed by atoms with Gasteiger partial charge in [-0.3, -0.25) is 9.69 Å². The van der Waals surface area contributed by atoms with Crippen molar-refractivity contribution in [3.8, 4) is 11.5 Å². The van der Waals surface area contributed by atoms with E-state index in [1.165, 1.54) is 0 Å². The fourth-order valence-electron chi connectivity index (χ4n) is 5.27. The monoisotopic (exact) mass is 485 g/mol. The van der Waals surface area contributed by atoms with E-state index >= 15 is 0 Å². The summed E-state index contributed by atoms with van der Waals surface area (Å²) >= 11 is 0. The van der Waals surface area contributed by atoms with Gasteiger partial charge in [0.15, 0.2) is 17.2 Å². The largest absolute Gasteiger partial charge is 0.490 e. The first-order valence-corrected chi connectivity index (χ1v) is 12.3. The maximum atomic E-state index is 13.9. The third kappa shape index (κ3) is 4.04. The highest BCUT2D eigenvalue weighted by atomic mass is 16.5. The van der Waals surface area contributed by atoms with E-state index in [2.05, 4.69) is 10.6 Å². The molecule has 3 aromatic rings. The number of carbonyl (C=O) groups is 2. The van der Waals surface area contributed by atoms with Crippen LogP contribution in [0.15, 0.2) is 66.7 Å². The van der Waals surface area contributed by atoms with Crippen molar-refractivity contribution in [1.29, 1.82) is 0 Å². The molecule has 2 heterocycles. The number of carbonyl (C=O) groups excluding carboxylic acids is 2. The summed E-state index contributed by atoms with van der Waals surface area (Å²) in [6.07, 6.45) is 0. The molecule has 186 valence electrons. The van der Waals surface area contributed by atoms with Gasteiger partial charge in [-0.2, -0.15) is 0 Å². The Balaban J connectivity index is 1.59. The highest BCUT2D eigenvalue weighted by molar-refractivity contribution is 5.96. The van der Waals surface area contributed by atoms with Gasteiger partial charge in [0.05, 0.1) is 19.2 Å². The molecule has 3 aromatic carbocycles. The Morgan fingerprint density at radius 3 is 2.61 bits per heavy atom. The minimum atomic E-state index is -1.26. The van der Waals surface area contributed by atoms with Crippen molar-refractivity contribution in [3.05, 3.63) is 89.0 Å². The second-order valence-corrected chi connectivity index (χ2v) is 9.55. The van der Waals surface area contributed by atoms with Gasteiger partial charge in [-0.05, 0) is 51.0 Å². The van der Waals surface area contributed by atoms with Crippen LogP contribution in [0, 0.1) is 19.8 Å². The number of benzene rings is 3. The highest BCUT2D eigenvalue weighted by Gasteiger charge is 2.60. The molecule has 3 amide bonds. The summed E-state index contributed by atoms with van der Waals surface area (Å²) < 4.78 is 12.5. The first-order chi connectivity index (χ1) is 17.3. The highest BCUT2D eigenvalue weighted by Crippen LogP contribution is 2.52. The van der Waals surface area contributed by atoms with Crippen molar-refractivity contribution in [2.75, 3.05) is 11.9 Å². The van der Waals surface area contributed by atoms with E-state index in [1.807, 2.05) is 94.4 Å². The maximum Gasteiger partial charge on any atom is 0.321 e. The van der Waals surface area contributed by atoms with E-state index in [-0.39, 0.29) is 18.5 Å². The predicted molar refractivity (Wildman–Crippen MR) is 138 cm³/mol. The third-order valence-corrected chi connectivity index (χ3v) is 7.03. The summed E-state index contributed by atoms with van der Waals surface area (Å²) in [6.45, 7) is 8.47. The SMILES string of the molecule is CCOc1cccc2c1O[C@]1(C)[C@H](C(=O)Nc3ccc(C)cc3C)[C@@H]2NC(=O)N1Cc1ccccc1. The molecule has 1 fully saturated rings. The van der Waals surface area contributed by atoms with Crippen LogP contribution in [0.3, 0.4) is 0 Å². The molecule has 0 aliphatic carbocycles. The molecule has 0 aromatic heterocycles. The minimum Gasteiger partial charge on any atom is -0.490 e. The van der Waals surface area contributed by atoms with Crippen LogP contribution in [-0.2, 0) is 11.3 Å². The summed E-state index contributed by atoms with van der Waals surface area (Å²) in [4.78, 5) is 29.0. The summed E-state index contributed by atoms with van der Waals surface area (Å²) in [7, 11) is 0. The number of fused-ring (bicyclic) bond motifs is 4. The molecule has 0 unspecified atom stereocenters. The van der Waals surface area contributed by atoms with Crippen LogP contribution >= 0.6 is 0 Å².